The van der Waals surface area contributed by atoms with E-state index in [9.17, 15) is 28.5 Å². The smallest absolute Gasteiger partial charge is 0.309 e. The fourth-order valence-electron chi connectivity index (χ4n) is 2.38. The van der Waals surface area contributed by atoms with Crippen molar-refractivity contribution in [2.45, 2.75) is 19.0 Å². The molecule has 0 aliphatic heterocycles. The first-order valence-electron chi connectivity index (χ1n) is 7.48. The lowest BCUT2D eigenvalue weighted by Crippen LogP contribution is -2.17. The highest BCUT2D eigenvalue weighted by molar-refractivity contribution is 6.38. The number of benzene rings is 1. The van der Waals surface area contributed by atoms with Crippen LogP contribution in [0.1, 0.15) is 29.7 Å². The van der Waals surface area contributed by atoms with Crippen LogP contribution in [0.25, 0.3) is 5.69 Å². The molecule has 27 heavy (non-hydrogen) atoms. The summed E-state index contributed by atoms with van der Waals surface area (Å²) in [4.78, 5) is 12.1. The number of nitrogens with one attached hydrogen (secondary N) is 1. The SMILES string of the molecule is N#Cc1nn(-c2c(Cl)cc(C(F)(F)F)cc2Cl)c(NC(=O)C2CC2)c1C#N. The van der Waals surface area contributed by atoms with E-state index in [-0.39, 0.29) is 28.7 Å². The van der Waals surface area contributed by atoms with Crippen LogP contribution in [0.5, 0.6) is 0 Å². The third-order valence-corrected chi connectivity index (χ3v) is 4.43. The van der Waals surface area contributed by atoms with E-state index in [0.29, 0.717) is 25.0 Å². The predicted octanol–water partition coefficient (Wildman–Crippen LogP) is 4.29. The molecule has 0 bridgehead atoms. The van der Waals surface area contributed by atoms with Gasteiger partial charge in [-0.15, -0.1) is 0 Å². The minimum Gasteiger partial charge on any atom is -0.309 e. The molecule has 0 radical (unpaired) electrons. The van der Waals surface area contributed by atoms with Gasteiger partial charge in [0.2, 0.25) is 5.91 Å². The summed E-state index contributed by atoms with van der Waals surface area (Å²) < 4.78 is 39.7. The van der Waals surface area contributed by atoms with Gasteiger partial charge in [0, 0.05) is 5.92 Å². The number of rotatable bonds is 3. The highest BCUT2D eigenvalue weighted by atomic mass is 35.5. The Balaban J connectivity index is 2.19. The average molecular weight is 414 g/mol. The molecule has 11 heteroatoms. The number of carbonyl (C=O) groups excluding carboxylic acids is 1. The topological polar surface area (TPSA) is 94.5 Å². The maximum absolute atomic E-state index is 12.9. The van der Waals surface area contributed by atoms with Gasteiger partial charge in [-0.05, 0) is 25.0 Å². The first kappa shape index (κ1) is 19.0. The third-order valence-electron chi connectivity index (χ3n) is 3.85. The Morgan fingerprint density at radius 3 is 2.26 bits per heavy atom. The van der Waals surface area contributed by atoms with Gasteiger partial charge < -0.3 is 5.32 Å². The largest absolute Gasteiger partial charge is 0.416 e. The van der Waals surface area contributed by atoms with Crippen molar-refractivity contribution in [1.82, 2.24) is 9.78 Å². The van der Waals surface area contributed by atoms with E-state index in [4.69, 9.17) is 23.2 Å². The van der Waals surface area contributed by atoms with Crippen LogP contribution in [0.4, 0.5) is 19.0 Å². The van der Waals surface area contributed by atoms with Crippen molar-refractivity contribution in [1.29, 1.82) is 10.5 Å². The number of halogens is 5. The van der Waals surface area contributed by atoms with Crippen molar-refractivity contribution in [2.75, 3.05) is 5.32 Å². The van der Waals surface area contributed by atoms with Crippen molar-refractivity contribution in [3.63, 3.8) is 0 Å². The Labute approximate surface area is 160 Å². The molecule has 1 aromatic carbocycles. The van der Waals surface area contributed by atoms with E-state index in [1.165, 1.54) is 0 Å². The number of carbonyl (C=O) groups is 1. The fourth-order valence-corrected chi connectivity index (χ4v) is 3.02. The fraction of sp³-hybridized carbons (Fsp3) is 0.250. The zero-order valence-electron chi connectivity index (χ0n) is 13.2. The lowest BCUT2D eigenvalue weighted by Gasteiger charge is -2.14. The molecule has 1 aliphatic rings. The zero-order chi connectivity index (χ0) is 19.9. The van der Waals surface area contributed by atoms with E-state index in [1.807, 2.05) is 0 Å². The van der Waals surface area contributed by atoms with Gasteiger partial charge in [0.15, 0.2) is 11.5 Å². The quantitative estimate of drug-likeness (QED) is 0.811. The summed E-state index contributed by atoms with van der Waals surface area (Å²) in [6.07, 6.45) is -3.32. The Kier molecular flexibility index (Phi) is 4.77. The normalized spacial score (nSPS) is 13.7. The second-order valence-corrected chi connectivity index (χ2v) is 6.57. The van der Waals surface area contributed by atoms with Gasteiger partial charge in [-0.25, -0.2) is 4.68 Å². The van der Waals surface area contributed by atoms with Crippen molar-refractivity contribution in [3.8, 4) is 17.8 Å². The Morgan fingerprint density at radius 2 is 1.81 bits per heavy atom. The molecule has 6 nitrogen and oxygen atoms in total. The summed E-state index contributed by atoms with van der Waals surface area (Å²) in [6, 6.07) is 4.75. The van der Waals surface area contributed by atoms with E-state index in [1.54, 1.807) is 12.1 Å². The minimum absolute atomic E-state index is 0.172. The summed E-state index contributed by atoms with van der Waals surface area (Å²) >= 11 is 12.0. The maximum Gasteiger partial charge on any atom is 0.416 e. The number of nitrogens with zero attached hydrogens (tertiary/aromatic N) is 4. The van der Waals surface area contributed by atoms with Gasteiger partial charge in [-0.2, -0.15) is 28.8 Å². The molecule has 0 unspecified atom stereocenters. The van der Waals surface area contributed by atoms with Crippen molar-refractivity contribution in [3.05, 3.63) is 39.0 Å². The molecule has 1 heterocycles. The molecule has 2 aromatic rings. The molecule has 1 N–H and O–H groups in total. The Hall–Kier alpha value is -2.75. The van der Waals surface area contributed by atoms with Crippen LogP contribution in [-0.2, 0) is 11.0 Å². The lowest BCUT2D eigenvalue weighted by atomic mass is 10.2. The molecule has 1 aliphatic carbocycles. The van der Waals surface area contributed by atoms with Gasteiger partial charge in [0.25, 0.3) is 0 Å². The molecule has 1 fully saturated rings. The third kappa shape index (κ3) is 3.57. The first-order chi connectivity index (χ1) is 12.7. The highest BCUT2D eigenvalue weighted by Crippen LogP contribution is 2.39. The van der Waals surface area contributed by atoms with Gasteiger partial charge in [0.1, 0.15) is 23.4 Å². The van der Waals surface area contributed by atoms with E-state index in [0.717, 1.165) is 4.68 Å². The highest BCUT2D eigenvalue weighted by Gasteiger charge is 2.34. The standard InChI is InChI=1S/C16H8Cl2F3N5O/c17-10-3-8(16(19,20)21)4-11(18)13(10)26-14(24-15(27)7-1-2-7)9(5-22)12(6-23)25-26/h3-4,7H,1-2H2,(H,24,27). The maximum atomic E-state index is 12.9. The minimum atomic E-state index is -4.67. The lowest BCUT2D eigenvalue weighted by molar-refractivity contribution is -0.137. The van der Waals surface area contributed by atoms with Gasteiger partial charge in [-0.3, -0.25) is 4.79 Å². The zero-order valence-corrected chi connectivity index (χ0v) is 14.7. The number of amides is 1. The summed E-state index contributed by atoms with van der Waals surface area (Å²) in [5.74, 6) is -0.796. The molecule has 1 aromatic heterocycles. The summed E-state index contributed by atoms with van der Waals surface area (Å²) in [7, 11) is 0. The monoisotopic (exact) mass is 413 g/mol. The molecule has 1 saturated carbocycles. The van der Waals surface area contributed by atoms with Crippen LogP contribution in [0.3, 0.4) is 0 Å². The van der Waals surface area contributed by atoms with Crippen LogP contribution < -0.4 is 5.32 Å². The van der Waals surface area contributed by atoms with Crippen LogP contribution in [0, 0.1) is 28.6 Å². The van der Waals surface area contributed by atoms with Gasteiger partial charge in [0.05, 0.1) is 15.6 Å². The average Bonchev–Trinajstić information content (AvgIpc) is 3.37. The first-order valence-corrected chi connectivity index (χ1v) is 8.23. The van der Waals surface area contributed by atoms with Crippen LogP contribution in [-0.4, -0.2) is 15.7 Å². The number of anilines is 1. The van der Waals surface area contributed by atoms with E-state index in [2.05, 4.69) is 10.4 Å². The van der Waals surface area contributed by atoms with Crippen LogP contribution in [0.2, 0.25) is 10.0 Å². The molecular formula is C16H8Cl2F3N5O. The molecule has 3 rings (SSSR count). The summed E-state index contributed by atoms with van der Waals surface area (Å²) in [5.41, 5.74) is -1.82. The number of aromatic nitrogens is 2. The Morgan fingerprint density at radius 1 is 1.22 bits per heavy atom. The number of nitriles is 2. The molecular weight excluding hydrogens is 406 g/mol. The van der Waals surface area contributed by atoms with Crippen molar-refractivity contribution < 1.29 is 18.0 Å². The van der Waals surface area contributed by atoms with E-state index >= 15 is 0 Å². The van der Waals surface area contributed by atoms with Gasteiger partial charge in [-0.1, -0.05) is 23.2 Å². The van der Waals surface area contributed by atoms with Crippen LogP contribution >= 0.6 is 23.2 Å². The second kappa shape index (κ2) is 6.76. The Bertz CT molecular complexity index is 1010. The molecule has 0 atom stereocenters. The molecule has 138 valence electrons. The number of alkyl halides is 3. The van der Waals surface area contributed by atoms with Crippen molar-refractivity contribution >= 4 is 34.9 Å². The second-order valence-electron chi connectivity index (χ2n) is 5.76. The van der Waals surface area contributed by atoms with E-state index < -0.39 is 27.7 Å². The molecule has 0 saturated heterocycles. The van der Waals surface area contributed by atoms with Crippen LogP contribution in [0.15, 0.2) is 12.1 Å². The van der Waals surface area contributed by atoms with Gasteiger partial charge >= 0.3 is 6.18 Å². The molecule has 1 amide bonds. The number of hydrogen-bond donors (Lipinski definition) is 1. The summed E-state index contributed by atoms with van der Waals surface area (Å²) in [6.45, 7) is 0. The predicted molar refractivity (Wildman–Crippen MR) is 89.4 cm³/mol. The number of hydrogen-bond acceptors (Lipinski definition) is 4. The molecule has 0 spiro atoms. The van der Waals surface area contributed by atoms with Crippen molar-refractivity contribution in [2.24, 2.45) is 5.92 Å². The summed E-state index contributed by atoms with van der Waals surface area (Å²) in [5, 5.41) is 24.1.